The molecular weight excluding hydrogens is 455 g/mol. The van der Waals surface area contributed by atoms with Gasteiger partial charge in [-0.3, -0.25) is 9.59 Å². The van der Waals surface area contributed by atoms with Crippen LogP contribution in [0.15, 0.2) is 58.1 Å². The van der Waals surface area contributed by atoms with Gasteiger partial charge in [-0.05, 0) is 57.5 Å². The summed E-state index contributed by atoms with van der Waals surface area (Å²) >= 11 is 1.11. The van der Waals surface area contributed by atoms with Crippen LogP contribution in [-0.2, 0) is 4.79 Å². The van der Waals surface area contributed by atoms with Crippen LogP contribution >= 0.6 is 11.8 Å². The zero-order valence-electron chi connectivity index (χ0n) is 19.1. The summed E-state index contributed by atoms with van der Waals surface area (Å²) in [6.07, 6.45) is 0. The lowest BCUT2D eigenvalue weighted by Gasteiger charge is -2.13. The van der Waals surface area contributed by atoms with Crippen LogP contribution in [0.2, 0.25) is 0 Å². The summed E-state index contributed by atoms with van der Waals surface area (Å²) < 4.78 is 19.6. The molecule has 0 saturated heterocycles. The van der Waals surface area contributed by atoms with Crippen molar-refractivity contribution >= 4 is 46.2 Å². The second-order valence-electron chi connectivity index (χ2n) is 7.85. The predicted molar refractivity (Wildman–Crippen MR) is 131 cm³/mol. The summed E-state index contributed by atoms with van der Waals surface area (Å²) in [7, 11) is 0. The van der Waals surface area contributed by atoms with E-state index in [2.05, 4.69) is 20.6 Å². The largest absolute Gasteiger partial charge is 0.443 e. The first-order chi connectivity index (χ1) is 16.2. The van der Waals surface area contributed by atoms with E-state index in [1.165, 1.54) is 6.07 Å². The van der Waals surface area contributed by atoms with Crippen LogP contribution in [0.25, 0.3) is 11.1 Å². The number of hydrogen-bond acceptors (Lipinski definition) is 6. The van der Waals surface area contributed by atoms with Gasteiger partial charge in [0.2, 0.25) is 11.6 Å². The second-order valence-corrected chi connectivity index (χ2v) is 9.16. The number of carbonyl (C=O) groups excluding carboxylic acids is 2. The molecule has 1 unspecified atom stereocenters. The highest BCUT2D eigenvalue weighted by atomic mass is 32.2. The Morgan fingerprint density at radius 1 is 1.03 bits per heavy atom. The van der Waals surface area contributed by atoms with Crippen LogP contribution in [0, 0.1) is 26.6 Å². The molecule has 0 saturated carbocycles. The van der Waals surface area contributed by atoms with Crippen molar-refractivity contribution in [3.05, 3.63) is 76.8 Å². The van der Waals surface area contributed by atoms with Gasteiger partial charge in [-0.25, -0.2) is 9.37 Å². The maximum Gasteiger partial charge on any atom is 0.256 e. The zero-order chi connectivity index (χ0) is 24.4. The number of nitrogens with one attached hydrogen (secondary N) is 2. The molecule has 7 nitrogen and oxygen atoms in total. The maximum absolute atomic E-state index is 13.8. The molecule has 4 aromatic rings. The van der Waals surface area contributed by atoms with Gasteiger partial charge in [-0.1, -0.05) is 36.0 Å². The maximum atomic E-state index is 13.8. The van der Waals surface area contributed by atoms with Crippen LogP contribution in [0.5, 0.6) is 0 Å². The number of aromatic nitrogens is 2. The lowest BCUT2D eigenvalue weighted by Crippen LogP contribution is -2.23. The lowest BCUT2D eigenvalue weighted by atomic mass is 10.2. The molecule has 1 atom stereocenters. The Morgan fingerprint density at radius 2 is 1.76 bits per heavy atom. The average Bonchev–Trinajstić information content (AvgIpc) is 3.10. The van der Waals surface area contributed by atoms with E-state index in [4.69, 9.17) is 4.42 Å². The zero-order valence-corrected chi connectivity index (χ0v) is 19.9. The molecule has 0 aliphatic rings. The monoisotopic (exact) mass is 478 g/mol. The summed E-state index contributed by atoms with van der Waals surface area (Å²) in [6.45, 7) is 7.02. The van der Waals surface area contributed by atoms with Gasteiger partial charge < -0.3 is 15.1 Å². The van der Waals surface area contributed by atoms with E-state index in [0.29, 0.717) is 39.5 Å². The summed E-state index contributed by atoms with van der Waals surface area (Å²) in [4.78, 5) is 34.4. The number of thioether (sulfide) groups is 1. The Morgan fingerprint density at radius 3 is 2.47 bits per heavy atom. The van der Waals surface area contributed by atoms with Crippen molar-refractivity contribution in [2.75, 3.05) is 10.6 Å². The first kappa shape index (κ1) is 23.4. The number of hydrogen-bond donors (Lipinski definition) is 2. The number of fused-ring (bicyclic) bond motifs is 1. The predicted octanol–water partition coefficient (Wildman–Crippen LogP) is 5.66. The number of aryl methyl sites for hydroxylation is 3. The Hall–Kier alpha value is -3.72. The minimum Gasteiger partial charge on any atom is -0.443 e. The van der Waals surface area contributed by atoms with E-state index >= 15 is 0 Å². The molecule has 4 rings (SSSR count). The van der Waals surface area contributed by atoms with E-state index in [1.54, 1.807) is 50.2 Å². The number of anilines is 2. The SMILES string of the molecule is Cc1ccc(NC(=O)C(C)Sc2nc(NC(=O)c3ccccc3)c3c(C)c(C)oc3n2)cc1F. The Balaban J connectivity index is 1.59. The normalized spacial score (nSPS) is 11.9. The molecule has 2 aromatic heterocycles. The van der Waals surface area contributed by atoms with Gasteiger partial charge in [0.15, 0.2) is 5.16 Å². The van der Waals surface area contributed by atoms with Gasteiger partial charge in [0.1, 0.15) is 17.4 Å². The highest BCUT2D eigenvalue weighted by molar-refractivity contribution is 8.00. The second kappa shape index (κ2) is 9.64. The molecule has 0 radical (unpaired) electrons. The number of nitrogens with zero attached hydrogens (tertiary/aromatic N) is 2. The number of furan rings is 1. The minimum atomic E-state index is -0.600. The highest BCUT2D eigenvalue weighted by Gasteiger charge is 2.22. The van der Waals surface area contributed by atoms with Crippen molar-refractivity contribution in [2.24, 2.45) is 0 Å². The van der Waals surface area contributed by atoms with Crippen LogP contribution in [0.3, 0.4) is 0 Å². The molecule has 0 bridgehead atoms. The molecule has 0 aliphatic heterocycles. The van der Waals surface area contributed by atoms with Crippen molar-refractivity contribution < 1.29 is 18.4 Å². The summed E-state index contributed by atoms with van der Waals surface area (Å²) in [5.74, 6) is -0.0763. The fourth-order valence-electron chi connectivity index (χ4n) is 3.27. The third kappa shape index (κ3) is 4.94. The Bertz CT molecular complexity index is 1390. The molecule has 2 heterocycles. The van der Waals surface area contributed by atoms with Crippen LogP contribution in [0.1, 0.15) is 34.2 Å². The molecule has 174 valence electrons. The van der Waals surface area contributed by atoms with E-state index in [-0.39, 0.29) is 17.0 Å². The van der Waals surface area contributed by atoms with Gasteiger partial charge in [-0.15, -0.1) is 0 Å². The molecule has 9 heteroatoms. The Labute approximate surface area is 200 Å². The number of halogens is 1. The van der Waals surface area contributed by atoms with Gasteiger partial charge in [-0.2, -0.15) is 4.98 Å². The van der Waals surface area contributed by atoms with Crippen LogP contribution in [-0.4, -0.2) is 27.0 Å². The highest BCUT2D eigenvalue weighted by Crippen LogP contribution is 2.32. The summed E-state index contributed by atoms with van der Waals surface area (Å²) in [6, 6.07) is 13.3. The third-order valence-corrected chi connectivity index (χ3v) is 6.33. The Kier molecular flexibility index (Phi) is 6.65. The van der Waals surface area contributed by atoms with Gasteiger partial charge in [0, 0.05) is 16.8 Å². The lowest BCUT2D eigenvalue weighted by molar-refractivity contribution is -0.115. The van der Waals surface area contributed by atoms with Crippen molar-refractivity contribution in [1.82, 2.24) is 9.97 Å². The van der Waals surface area contributed by atoms with Gasteiger partial charge in [0.25, 0.3) is 5.91 Å². The third-order valence-electron chi connectivity index (χ3n) is 5.37. The number of benzene rings is 2. The van der Waals surface area contributed by atoms with Crippen molar-refractivity contribution in [1.29, 1.82) is 0 Å². The topological polar surface area (TPSA) is 97.1 Å². The number of amides is 2. The summed E-state index contributed by atoms with van der Waals surface area (Å²) in [5.41, 5.74) is 2.49. The molecule has 34 heavy (non-hydrogen) atoms. The minimum absolute atomic E-state index is 0.266. The van der Waals surface area contributed by atoms with Gasteiger partial charge in [0.05, 0.1) is 10.6 Å². The number of carbonyl (C=O) groups is 2. The van der Waals surface area contributed by atoms with Gasteiger partial charge >= 0.3 is 0 Å². The van der Waals surface area contributed by atoms with E-state index in [1.807, 2.05) is 19.9 Å². The average molecular weight is 479 g/mol. The van der Waals surface area contributed by atoms with Crippen molar-refractivity contribution in [3.63, 3.8) is 0 Å². The fourth-order valence-corrected chi connectivity index (χ4v) is 4.03. The molecule has 0 spiro atoms. The van der Waals surface area contributed by atoms with Crippen LogP contribution < -0.4 is 10.6 Å². The van der Waals surface area contributed by atoms with E-state index in [0.717, 1.165) is 17.3 Å². The first-order valence-electron chi connectivity index (χ1n) is 10.6. The summed E-state index contributed by atoms with van der Waals surface area (Å²) in [5, 5.41) is 5.82. The smallest absolute Gasteiger partial charge is 0.256 e. The standard InChI is InChI=1S/C25H23FN4O3S/c1-13-10-11-18(12-19(13)26)27-22(31)16(4)34-25-29-21(20-14(2)15(3)33-24(20)30-25)28-23(32)17-8-6-5-7-9-17/h5-12,16H,1-4H3,(H,27,31)(H,28,29,30,32). The van der Waals surface area contributed by atoms with E-state index in [9.17, 15) is 14.0 Å². The molecule has 2 amide bonds. The molecule has 2 N–H and O–H groups in total. The van der Waals surface area contributed by atoms with E-state index < -0.39 is 11.1 Å². The molecular formula is C25H23FN4O3S. The molecule has 2 aromatic carbocycles. The van der Waals surface area contributed by atoms with Crippen molar-refractivity contribution in [2.45, 2.75) is 38.1 Å². The quantitative estimate of drug-likeness (QED) is 0.274. The fraction of sp³-hybridized carbons (Fsp3) is 0.200. The van der Waals surface area contributed by atoms with Crippen LogP contribution in [0.4, 0.5) is 15.9 Å². The number of rotatable bonds is 6. The molecule has 0 fully saturated rings. The first-order valence-corrected chi connectivity index (χ1v) is 11.5. The van der Waals surface area contributed by atoms with Crippen molar-refractivity contribution in [3.8, 4) is 0 Å². The molecule has 0 aliphatic carbocycles.